The van der Waals surface area contributed by atoms with E-state index in [-0.39, 0.29) is 19.6 Å². The van der Waals surface area contributed by atoms with Crippen LogP contribution in [0.3, 0.4) is 0 Å². The lowest BCUT2D eigenvalue weighted by atomic mass is 10.2. The van der Waals surface area contributed by atoms with Crippen molar-refractivity contribution in [2.75, 3.05) is 19.9 Å². The summed E-state index contributed by atoms with van der Waals surface area (Å²) in [6, 6.07) is 0. The van der Waals surface area contributed by atoms with Gasteiger partial charge in [0, 0.05) is 18.2 Å². The summed E-state index contributed by atoms with van der Waals surface area (Å²) < 4.78 is 24.3. The number of rotatable bonds is 6. The predicted molar refractivity (Wildman–Crippen MR) is 73.4 cm³/mol. The molecule has 0 spiro atoms. The zero-order valence-corrected chi connectivity index (χ0v) is 12.1. The van der Waals surface area contributed by atoms with E-state index in [0.29, 0.717) is 5.56 Å². The number of ether oxygens (including phenoxy) is 2. The molecule has 8 nitrogen and oxygen atoms in total. The first-order chi connectivity index (χ1) is 10.5. The van der Waals surface area contributed by atoms with Gasteiger partial charge in [-0.15, -0.1) is 0 Å². The van der Waals surface area contributed by atoms with E-state index in [1.54, 1.807) is 6.92 Å². The second kappa shape index (κ2) is 7.14. The summed E-state index contributed by atoms with van der Waals surface area (Å²) in [5.41, 5.74) is -0.750. The molecule has 4 atom stereocenters. The Kier molecular flexibility index (Phi) is 5.46. The molecule has 1 aliphatic heterocycles. The van der Waals surface area contributed by atoms with Crippen molar-refractivity contribution in [2.45, 2.75) is 37.9 Å². The largest absolute Gasteiger partial charge is 0.394 e. The van der Waals surface area contributed by atoms with Crippen LogP contribution in [0.2, 0.25) is 0 Å². The molecule has 0 amide bonds. The molecule has 0 radical (unpaired) electrons. The SMILES string of the molecule is Cc1cn([C@H]2CC(OCC(O)CF)[C@@H](CO)O2)c(=O)[nH]c1=O. The van der Waals surface area contributed by atoms with Crippen LogP contribution in [0.15, 0.2) is 15.8 Å². The predicted octanol–water partition coefficient (Wildman–Crippen LogP) is -1.16. The van der Waals surface area contributed by atoms with Crippen LogP contribution in [0.4, 0.5) is 4.39 Å². The fourth-order valence-electron chi connectivity index (χ4n) is 2.29. The maximum Gasteiger partial charge on any atom is 0.330 e. The lowest BCUT2D eigenvalue weighted by Gasteiger charge is -2.17. The summed E-state index contributed by atoms with van der Waals surface area (Å²) in [5.74, 6) is 0. The van der Waals surface area contributed by atoms with Crippen LogP contribution in [-0.4, -0.2) is 58.0 Å². The molecular weight excluding hydrogens is 299 g/mol. The summed E-state index contributed by atoms with van der Waals surface area (Å²) in [6.07, 6.45) is -1.63. The molecule has 124 valence electrons. The molecule has 3 N–H and O–H groups in total. The number of aliphatic hydroxyl groups excluding tert-OH is 2. The van der Waals surface area contributed by atoms with Crippen molar-refractivity contribution in [1.82, 2.24) is 9.55 Å². The van der Waals surface area contributed by atoms with Gasteiger partial charge in [-0.2, -0.15) is 0 Å². The number of hydrogen-bond donors (Lipinski definition) is 3. The highest BCUT2D eigenvalue weighted by Crippen LogP contribution is 2.29. The molecule has 0 saturated carbocycles. The second-order valence-corrected chi connectivity index (χ2v) is 5.21. The summed E-state index contributed by atoms with van der Waals surface area (Å²) in [7, 11) is 0. The summed E-state index contributed by atoms with van der Waals surface area (Å²) in [6.45, 7) is 0.0511. The molecule has 0 aliphatic carbocycles. The minimum absolute atomic E-state index is 0.229. The van der Waals surface area contributed by atoms with Gasteiger partial charge in [-0.1, -0.05) is 0 Å². The molecule has 1 aliphatic rings. The van der Waals surface area contributed by atoms with Gasteiger partial charge in [-0.05, 0) is 6.92 Å². The number of halogens is 1. The van der Waals surface area contributed by atoms with Crippen LogP contribution in [0.1, 0.15) is 18.2 Å². The van der Waals surface area contributed by atoms with Crippen LogP contribution < -0.4 is 11.2 Å². The van der Waals surface area contributed by atoms with E-state index in [1.165, 1.54) is 10.8 Å². The zero-order valence-electron chi connectivity index (χ0n) is 12.1. The van der Waals surface area contributed by atoms with Crippen LogP contribution in [0.25, 0.3) is 0 Å². The average Bonchev–Trinajstić information content (AvgIpc) is 2.91. The summed E-state index contributed by atoms with van der Waals surface area (Å²) >= 11 is 0. The highest BCUT2D eigenvalue weighted by molar-refractivity contribution is 5.02. The molecule has 1 aromatic rings. The van der Waals surface area contributed by atoms with Gasteiger partial charge in [0.15, 0.2) is 0 Å². The van der Waals surface area contributed by atoms with E-state index in [1.807, 2.05) is 0 Å². The van der Waals surface area contributed by atoms with E-state index in [9.17, 15) is 24.2 Å². The Morgan fingerprint density at radius 1 is 1.59 bits per heavy atom. The maximum atomic E-state index is 12.2. The Morgan fingerprint density at radius 2 is 2.32 bits per heavy atom. The highest BCUT2D eigenvalue weighted by atomic mass is 19.1. The number of aromatic amines is 1. The quantitative estimate of drug-likeness (QED) is 0.610. The third kappa shape index (κ3) is 3.61. The molecule has 1 aromatic heterocycles. The summed E-state index contributed by atoms with van der Waals surface area (Å²) in [5, 5.41) is 18.5. The highest BCUT2D eigenvalue weighted by Gasteiger charge is 2.37. The van der Waals surface area contributed by atoms with Crippen molar-refractivity contribution in [3.63, 3.8) is 0 Å². The van der Waals surface area contributed by atoms with E-state index in [4.69, 9.17) is 9.47 Å². The average molecular weight is 318 g/mol. The number of hydrogen-bond acceptors (Lipinski definition) is 6. The number of H-pyrrole nitrogens is 1. The van der Waals surface area contributed by atoms with Crippen molar-refractivity contribution in [3.05, 3.63) is 32.6 Å². The van der Waals surface area contributed by atoms with E-state index >= 15 is 0 Å². The van der Waals surface area contributed by atoms with Crippen molar-refractivity contribution in [3.8, 4) is 0 Å². The number of alkyl halides is 1. The zero-order chi connectivity index (χ0) is 16.3. The molecule has 1 saturated heterocycles. The van der Waals surface area contributed by atoms with Gasteiger partial charge in [0.1, 0.15) is 25.1 Å². The normalized spacial score (nSPS) is 26.3. The molecule has 9 heteroatoms. The third-order valence-corrected chi connectivity index (χ3v) is 3.50. The Labute approximate surface area is 125 Å². The molecular formula is C13H19FN2O6. The van der Waals surface area contributed by atoms with Crippen molar-refractivity contribution in [2.24, 2.45) is 0 Å². The lowest BCUT2D eigenvalue weighted by molar-refractivity contribution is -0.0771. The van der Waals surface area contributed by atoms with Gasteiger partial charge in [0.05, 0.1) is 19.3 Å². The molecule has 0 aromatic carbocycles. The van der Waals surface area contributed by atoms with Crippen LogP contribution in [0.5, 0.6) is 0 Å². The minimum atomic E-state index is -1.24. The first-order valence-electron chi connectivity index (χ1n) is 6.90. The smallest absolute Gasteiger partial charge is 0.330 e. The molecule has 2 heterocycles. The number of nitrogens with one attached hydrogen (secondary N) is 1. The van der Waals surface area contributed by atoms with Gasteiger partial charge in [-0.3, -0.25) is 14.3 Å². The first-order valence-corrected chi connectivity index (χ1v) is 6.90. The molecule has 1 fully saturated rings. The van der Waals surface area contributed by atoms with Gasteiger partial charge in [-0.25, -0.2) is 9.18 Å². The van der Waals surface area contributed by atoms with E-state index in [2.05, 4.69) is 4.98 Å². The first kappa shape index (κ1) is 16.8. The Balaban J connectivity index is 2.13. The van der Waals surface area contributed by atoms with Crippen LogP contribution in [-0.2, 0) is 9.47 Å². The Hall–Kier alpha value is -1.55. The minimum Gasteiger partial charge on any atom is -0.394 e. The van der Waals surface area contributed by atoms with Gasteiger partial charge >= 0.3 is 5.69 Å². The van der Waals surface area contributed by atoms with Crippen LogP contribution >= 0.6 is 0 Å². The number of aryl methyl sites for hydroxylation is 1. The number of aliphatic hydroxyl groups is 2. The summed E-state index contributed by atoms with van der Waals surface area (Å²) in [4.78, 5) is 25.4. The van der Waals surface area contributed by atoms with Crippen molar-refractivity contribution in [1.29, 1.82) is 0 Å². The third-order valence-electron chi connectivity index (χ3n) is 3.50. The molecule has 0 bridgehead atoms. The fraction of sp³-hybridized carbons (Fsp3) is 0.692. The van der Waals surface area contributed by atoms with Crippen LogP contribution in [0, 0.1) is 6.92 Å². The Morgan fingerprint density at radius 3 is 2.95 bits per heavy atom. The monoisotopic (exact) mass is 318 g/mol. The number of aromatic nitrogens is 2. The standard InChI is InChI=1S/C13H19FN2O6/c1-7-4-16(13(20)15-12(7)19)11-2-9(10(5-17)22-11)21-6-8(18)3-14/h4,8-11,17-18H,2-3,5-6H2,1H3,(H,15,19,20)/t8?,9?,10-,11-/m1/s1. The van der Waals surface area contributed by atoms with Gasteiger partial charge < -0.3 is 19.7 Å². The molecule has 2 unspecified atom stereocenters. The molecule has 2 rings (SSSR count). The van der Waals surface area contributed by atoms with Crippen molar-refractivity contribution >= 4 is 0 Å². The lowest BCUT2D eigenvalue weighted by Crippen LogP contribution is -2.33. The molecule has 22 heavy (non-hydrogen) atoms. The van der Waals surface area contributed by atoms with E-state index < -0.39 is 42.5 Å². The van der Waals surface area contributed by atoms with Gasteiger partial charge in [0.25, 0.3) is 5.56 Å². The second-order valence-electron chi connectivity index (χ2n) is 5.21. The van der Waals surface area contributed by atoms with E-state index in [0.717, 1.165) is 0 Å². The van der Waals surface area contributed by atoms with Crippen molar-refractivity contribution < 1.29 is 24.1 Å². The number of nitrogens with zero attached hydrogens (tertiary/aromatic N) is 1. The maximum absolute atomic E-state index is 12.2. The fourth-order valence-corrected chi connectivity index (χ4v) is 2.29. The topological polar surface area (TPSA) is 114 Å². The van der Waals surface area contributed by atoms with Gasteiger partial charge in [0.2, 0.25) is 0 Å². The Bertz CT molecular complexity index is 615.